The van der Waals surface area contributed by atoms with Gasteiger partial charge >= 0.3 is 7.52 Å². The van der Waals surface area contributed by atoms with E-state index in [0.29, 0.717) is 25.3 Å². The van der Waals surface area contributed by atoms with Gasteiger partial charge in [0.05, 0.1) is 6.61 Å². The molecule has 4 rings (SSSR count). The first-order valence-corrected chi connectivity index (χ1v) is 14.3. The number of ether oxygens (including phenoxy) is 1. The highest BCUT2D eigenvalue weighted by molar-refractivity contribution is 7.60. The molecule has 36 heavy (non-hydrogen) atoms. The molecule has 0 bridgehead atoms. The van der Waals surface area contributed by atoms with Gasteiger partial charge in [-0.15, -0.1) is 0 Å². The summed E-state index contributed by atoms with van der Waals surface area (Å²) in [6.07, 6.45) is 6.58. The third-order valence-electron chi connectivity index (χ3n) is 6.38. The van der Waals surface area contributed by atoms with Crippen LogP contribution in [0.2, 0.25) is 0 Å². The van der Waals surface area contributed by atoms with Crippen LogP contribution in [0.5, 0.6) is 0 Å². The average Bonchev–Trinajstić information content (AvgIpc) is 2.91. The fraction of sp³-hybridized carbons (Fsp3) is 0.290. The lowest BCUT2D eigenvalue weighted by atomic mass is 9.77. The van der Waals surface area contributed by atoms with E-state index in [2.05, 4.69) is 54.9 Å². The SMILES string of the molecule is C/C=C/CO/C(=C\C(C)C)[P@@]1(=O)OCCCN1C(c1ccccc1)(c1ccccc1)c1ccccc1. The Morgan fingerprint density at radius 1 is 0.944 bits per heavy atom. The van der Waals surface area contributed by atoms with E-state index in [4.69, 9.17) is 9.26 Å². The molecule has 1 heterocycles. The smallest absolute Gasteiger partial charge is 0.337 e. The van der Waals surface area contributed by atoms with Crippen molar-refractivity contribution in [3.8, 4) is 0 Å². The predicted octanol–water partition coefficient (Wildman–Crippen LogP) is 7.98. The van der Waals surface area contributed by atoms with Crippen LogP contribution in [0, 0.1) is 5.92 Å². The van der Waals surface area contributed by atoms with Gasteiger partial charge in [-0.3, -0.25) is 4.57 Å². The molecule has 3 aromatic rings. The van der Waals surface area contributed by atoms with E-state index in [1.54, 1.807) is 0 Å². The topological polar surface area (TPSA) is 38.8 Å². The number of hydrogen-bond donors (Lipinski definition) is 0. The molecular weight excluding hydrogens is 465 g/mol. The van der Waals surface area contributed by atoms with E-state index in [1.807, 2.05) is 79.7 Å². The first kappa shape index (κ1) is 26.2. The minimum atomic E-state index is -3.61. The van der Waals surface area contributed by atoms with Gasteiger partial charge in [0.15, 0.2) is 5.50 Å². The molecule has 1 aliphatic rings. The van der Waals surface area contributed by atoms with Crippen LogP contribution < -0.4 is 0 Å². The summed E-state index contributed by atoms with van der Waals surface area (Å²) in [5.41, 5.74) is 2.67. The average molecular weight is 502 g/mol. The summed E-state index contributed by atoms with van der Waals surface area (Å²) in [4.78, 5) is 0. The maximum Gasteiger partial charge on any atom is 0.337 e. The third kappa shape index (κ3) is 5.13. The van der Waals surface area contributed by atoms with E-state index in [1.165, 1.54) is 0 Å². The lowest BCUT2D eigenvalue weighted by molar-refractivity contribution is 0.143. The summed E-state index contributed by atoms with van der Waals surface area (Å²) in [6.45, 7) is 7.44. The molecule has 1 fully saturated rings. The Morgan fingerprint density at radius 2 is 1.44 bits per heavy atom. The minimum Gasteiger partial charge on any atom is -0.483 e. The van der Waals surface area contributed by atoms with E-state index in [-0.39, 0.29) is 5.92 Å². The van der Waals surface area contributed by atoms with Crippen molar-refractivity contribution < 1.29 is 13.8 Å². The van der Waals surface area contributed by atoms with Crippen LogP contribution in [0.3, 0.4) is 0 Å². The summed E-state index contributed by atoms with van der Waals surface area (Å²) < 4.78 is 29.8. The second kappa shape index (κ2) is 11.9. The van der Waals surface area contributed by atoms with Crippen LogP contribution in [-0.4, -0.2) is 24.4 Å². The summed E-state index contributed by atoms with van der Waals surface area (Å²) in [5.74, 6) is 0.142. The molecule has 1 atom stereocenters. The number of nitrogens with zero attached hydrogens (tertiary/aromatic N) is 1. The molecule has 3 aromatic carbocycles. The first-order valence-electron chi connectivity index (χ1n) is 12.7. The highest BCUT2D eigenvalue weighted by Crippen LogP contribution is 2.67. The second-order valence-electron chi connectivity index (χ2n) is 9.27. The Hall–Kier alpha value is -2.91. The molecule has 0 aromatic heterocycles. The highest BCUT2D eigenvalue weighted by atomic mass is 31.2. The zero-order valence-corrected chi connectivity index (χ0v) is 22.3. The zero-order chi connectivity index (χ0) is 25.4. The fourth-order valence-electron chi connectivity index (χ4n) is 4.88. The van der Waals surface area contributed by atoms with Crippen molar-refractivity contribution in [1.82, 2.24) is 4.67 Å². The molecule has 0 unspecified atom stereocenters. The Morgan fingerprint density at radius 3 is 1.89 bits per heavy atom. The molecular formula is C31H36NO3P. The Bertz CT molecular complexity index is 1110. The Kier molecular flexibility index (Phi) is 8.64. The predicted molar refractivity (Wildman–Crippen MR) is 148 cm³/mol. The van der Waals surface area contributed by atoms with Gasteiger partial charge < -0.3 is 9.26 Å². The molecule has 0 radical (unpaired) electrons. The Labute approximate surface area is 215 Å². The van der Waals surface area contributed by atoms with Gasteiger partial charge in [-0.2, -0.15) is 0 Å². The van der Waals surface area contributed by atoms with Crippen LogP contribution in [0.1, 0.15) is 43.9 Å². The van der Waals surface area contributed by atoms with Gasteiger partial charge in [-0.1, -0.05) is 117 Å². The van der Waals surface area contributed by atoms with E-state index in [0.717, 1.165) is 23.1 Å². The normalized spacial score (nSPS) is 19.6. The van der Waals surface area contributed by atoms with Gasteiger partial charge in [0, 0.05) is 6.54 Å². The van der Waals surface area contributed by atoms with Gasteiger partial charge in [0.1, 0.15) is 12.1 Å². The van der Waals surface area contributed by atoms with Crippen LogP contribution in [-0.2, 0) is 19.4 Å². The molecule has 4 nitrogen and oxygen atoms in total. The van der Waals surface area contributed by atoms with Crippen molar-refractivity contribution in [2.45, 2.75) is 32.7 Å². The molecule has 0 N–H and O–H groups in total. The van der Waals surface area contributed by atoms with Crippen molar-refractivity contribution in [1.29, 1.82) is 0 Å². The lowest BCUT2D eigenvalue weighted by Gasteiger charge is -2.50. The molecule has 0 saturated carbocycles. The number of hydrogen-bond acceptors (Lipinski definition) is 3. The molecule has 5 heteroatoms. The van der Waals surface area contributed by atoms with Crippen LogP contribution >= 0.6 is 7.52 Å². The van der Waals surface area contributed by atoms with Crippen molar-refractivity contribution in [3.05, 3.63) is 131 Å². The standard InChI is InChI=1S/C31H36NO3P/c1-4-5-23-34-30(25-26(2)3)36(33)32(22-15-24-35-36)31(27-16-9-6-10-17-27,28-18-11-7-12-19-28)29-20-13-8-14-21-29/h4-14,16-21,25-26H,15,22-24H2,1-3H3/b5-4+,30-25+/t36-/m1/s1. The zero-order valence-electron chi connectivity index (χ0n) is 21.4. The molecule has 1 aliphatic heterocycles. The van der Waals surface area contributed by atoms with Crippen molar-refractivity contribution >= 4 is 7.52 Å². The lowest BCUT2D eigenvalue weighted by Crippen LogP contribution is -2.49. The number of benzene rings is 3. The molecule has 0 amide bonds. The van der Waals surface area contributed by atoms with E-state index >= 15 is 4.57 Å². The van der Waals surface area contributed by atoms with Crippen LogP contribution in [0.4, 0.5) is 0 Å². The summed E-state index contributed by atoms with van der Waals surface area (Å²) >= 11 is 0. The fourth-order valence-corrected chi connectivity index (χ4v) is 7.63. The number of allylic oxidation sites excluding steroid dienone is 2. The molecule has 1 saturated heterocycles. The van der Waals surface area contributed by atoms with Crippen molar-refractivity contribution in [2.75, 3.05) is 19.8 Å². The van der Waals surface area contributed by atoms with Gasteiger partial charge in [0.2, 0.25) is 0 Å². The molecule has 0 spiro atoms. The largest absolute Gasteiger partial charge is 0.483 e. The molecule has 188 valence electrons. The van der Waals surface area contributed by atoms with Crippen LogP contribution in [0.15, 0.2) is 115 Å². The maximum absolute atomic E-state index is 15.2. The Balaban J connectivity index is 2.04. The van der Waals surface area contributed by atoms with Crippen molar-refractivity contribution in [3.63, 3.8) is 0 Å². The summed E-state index contributed by atoms with van der Waals surface area (Å²) in [7, 11) is -3.61. The van der Waals surface area contributed by atoms with E-state index < -0.39 is 13.1 Å². The first-order chi connectivity index (χ1) is 17.5. The highest BCUT2D eigenvalue weighted by Gasteiger charge is 2.54. The monoisotopic (exact) mass is 501 g/mol. The maximum atomic E-state index is 15.2. The minimum absolute atomic E-state index is 0.142. The van der Waals surface area contributed by atoms with E-state index in [9.17, 15) is 0 Å². The molecule has 0 aliphatic carbocycles. The number of rotatable bonds is 9. The third-order valence-corrected chi connectivity index (χ3v) is 8.88. The van der Waals surface area contributed by atoms with Gasteiger partial charge in [-0.05, 0) is 42.0 Å². The van der Waals surface area contributed by atoms with Crippen molar-refractivity contribution in [2.24, 2.45) is 5.92 Å². The quantitative estimate of drug-likeness (QED) is 0.129. The summed E-state index contributed by atoms with van der Waals surface area (Å²) in [6, 6.07) is 31.0. The summed E-state index contributed by atoms with van der Waals surface area (Å²) in [5, 5.41) is 0. The van der Waals surface area contributed by atoms with Gasteiger partial charge in [-0.25, -0.2) is 4.67 Å². The van der Waals surface area contributed by atoms with Gasteiger partial charge in [0.25, 0.3) is 0 Å². The van der Waals surface area contributed by atoms with Crippen LogP contribution in [0.25, 0.3) is 0 Å². The second-order valence-corrected chi connectivity index (χ2v) is 11.5.